The molecule has 0 N–H and O–H groups in total. The predicted molar refractivity (Wildman–Crippen MR) is 192 cm³/mol. The van der Waals surface area contributed by atoms with E-state index >= 15 is 0 Å². The first-order chi connectivity index (χ1) is 21.6. The number of nitrogens with zero attached hydrogens (tertiary/aromatic N) is 1. The van der Waals surface area contributed by atoms with E-state index in [-0.39, 0.29) is 0 Å². The molecule has 6 aromatic rings. The number of hydrogen-bond acceptors (Lipinski definition) is 0. The Labute approximate surface area is 260 Å². The van der Waals surface area contributed by atoms with Gasteiger partial charge in [0.1, 0.15) is 0 Å². The highest BCUT2D eigenvalue weighted by molar-refractivity contribution is 6.10. The molecule has 0 amide bonds. The molecule has 7 rings (SSSR count). The number of allylic oxidation sites excluding steroid dienone is 7. The quantitative estimate of drug-likeness (QED) is 0.161. The fourth-order valence-electron chi connectivity index (χ4n) is 7.07. The van der Waals surface area contributed by atoms with Crippen LogP contribution in [-0.4, -0.2) is 4.57 Å². The van der Waals surface area contributed by atoms with E-state index in [1.165, 1.54) is 84.0 Å². The molecule has 1 heterocycles. The van der Waals surface area contributed by atoms with Gasteiger partial charge in [0.15, 0.2) is 0 Å². The maximum absolute atomic E-state index is 4.51. The molecule has 0 radical (unpaired) electrons. The minimum Gasteiger partial charge on any atom is -0.340 e. The molecule has 0 saturated carbocycles. The highest BCUT2D eigenvalue weighted by atomic mass is 15.0. The Morgan fingerprint density at radius 2 is 1.50 bits per heavy atom. The molecule has 44 heavy (non-hydrogen) atoms. The SMILES string of the molecule is C=C(/C=C/C1=C(c2ccccc2)C(=C/C=c2\c3cccc4cccc(c43)n2CCCC)/CC1)c1cccc2cccc(C)c12. The number of benzene rings is 5. The lowest BCUT2D eigenvalue weighted by atomic mass is 9.94. The van der Waals surface area contributed by atoms with Crippen LogP contribution in [0, 0.1) is 6.92 Å². The van der Waals surface area contributed by atoms with Crippen LogP contribution in [0.3, 0.4) is 0 Å². The number of unbranched alkanes of at least 4 members (excludes halogenated alkanes) is 1. The van der Waals surface area contributed by atoms with Crippen molar-refractivity contribution in [2.45, 2.75) is 46.1 Å². The van der Waals surface area contributed by atoms with Crippen LogP contribution in [0.1, 0.15) is 49.3 Å². The monoisotopic (exact) mass is 569 g/mol. The van der Waals surface area contributed by atoms with Crippen LogP contribution in [0.25, 0.3) is 49.7 Å². The lowest BCUT2D eigenvalue weighted by molar-refractivity contribution is 0.640. The Bertz CT molecular complexity index is 2150. The van der Waals surface area contributed by atoms with Gasteiger partial charge in [0.05, 0.1) is 0 Å². The molecule has 1 nitrogen and oxygen atoms in total. The van der Waals surface area contributed by atoms with E-state index < -0.39 is 0 Å². The molecular weight excluding hydrogens is 530 g/mol. The van der Waals surface area contributed by atoms with Gasteiger partial charge in [0.25, 0.3) is 0 Å². The summed E-state index contributed by atoms with van der Waals surface area (Å²) in [4.78, 5) is 0. The average Bonchev–Trinajstić information content (AvgIpc) is 3.61. The second-order valence-corrected chi connectivity index (χ2v) is 12.0. The van der Waals surface area contributed by atoms with Gasteiger partial charge in [-0.3, -0.25) is 0 Å². The van der Waals surface area contributed by atoms with Gasteiger partial charge in [0.2, 0.25) is 0 Å². The van der Waals surface area contributed by atoms with E-state index in [9.17, 15) is 0 Å². The number of rotatable bonds is 8. The van der Waals surface area contributed by atoms with Crippen LogP contribution in [0.2, 0.25) is 0 Å². The van der Waals surface area contributed by atoms with Crippen molar-refractivity contribution < 1.29 is 0 Å². The van der Waals surface area contributed by atoms with E-state index in [1.807, 2.05) is 0 Å². The summed E-state index contributed by atoms with van der Waals surface area (Å²) in [6, 6.07) is 37.4. The third-order valence-electron chi connectivity index (χ3n) is 9.23. The first-order valence-electron chi connectivity index (χ1n) is 16.0. The summed E-state index contributed by atoms with van der Waals surface area (Å²) in [7, 11) is 0. The summed E-state index contributed by atoms with van der Waals surface area (Å²) in [6.07, 6.45) is 13.7. The number of aryl methyl sites for hydroxylation is 2. The number of hydrogen-bond donors (Lipinski definition) is 0. The van der Waals surface area contributed by atoms with Crippen molar-refractivity contribution in [2.75, 3.05) is 0 Å². The van der Waals surface area contributed by atoms with Crippen molar-refractivity contribution in [1.82, 2.24) is 4.57 Å². The molecule has 1 aliphatic carbocycles. The highest BCUT2D eigenvalue weighted by Gasteiger charge is 2.20. The van der Waals surface area contributed by atoms with Gasteiger partial charge in [-0.05, 0) is 93.5 Å². The van der Waals surface area contributed by atoms with Crippen molar-refractivity contribution in [2.24, 2.45) is 0 Å². The van der Waals surface area contributed by atoms with Crippen molar-refractivity contribution in [3.8, 4) is 0 Å². The van der Waals surface area contributed by atoms with Gasteiger partial charge in [-0.1, -0.05) is 135 Å². The van der Waals surface area contributed by atoms with Gasteiger partial charge < -0.3 is 4.57 Å². The van der Waals surface area contributed by atoms with Gasteiger partial charge in [-0.15, -0.1) is 0 Å². The van der Waals surface area contributed by atoms with Crippen molar-refractivity contribution >= 4 is 49.7 Å². The molecule has 0 spiro atoms. The molecule has 1 aromatic heterocycles. The third kappa shape index (κ3) is 5.03. The first kappa shape index (κ1) is 27.9. The lowest BCUT2D eigenvalue weighted by Gasteiger charge is -2.10. The Hall–Kier alpha value is -4.88. The third-order valence-corrected chi connectivity index (χ3v) is 9.23. The molecule has 0 saturated heterocycles. The lowest BCUT2D eigenvalue weighted by Crippen LogP contribution is -2.16. The summed E-state index contributed by atoms with van der Waals surface area (Å²) < 4.78 is 2.54. The Morgan fingerprint density at radius 3 is 2.30 bits per heavy atom. The maximum atomic E-state index is 4.51. The topological polar surface area (TPSA) is 4.93 Å². The molecule has 0 bridgehead atoms. The largest absolute Gasteiger partial charge is 0.340 e. The van der Waals surface area contributed by atoms with Crippen LogP contribution in [0.5, 0.6) is 0 Å². The summed E-state index contributed by atoms with van der Waals surface area (Å²) in [5.74, 6) is 0. The Balaban J connectivity index is 1.33. The van der Waals surface area contributed by atoms with E-state index in [0.29, 0.717) is 0 Å². The second-order valence-electron chi connectivity index (χ2n) is 12.0. The van der Waals surface area contributed by atoms with Gasteiger partial charge >= 0.3 is 0 Å². The molecule has 5 aromatic carbocycles. The normalized spacial score (nSPS) is 15.2. The number of fused-ring (bicyclic) bond motifs is 1. The van der Waals surface area contributed by atoms with Crippen molar-refractivity contribution in [3.63, 3.8) is 0 Å². The van der Waals surface area contributed by atoms with E-state index in [1.54, 1.807) is 0 Å². The standard InChI is InChI=1S/C43H39N/c1-4-5-29-44-39(38-21-11-18-34-19-12-22-40(44)43(34)38)28-27-36-26-25-35(42(36)33-14-7-6-8-15-33)24-23-30(2)37-20-10-17-32-16-9-13-31(3)41(32)37/h6-24,27-28H,2,4-5,25-26,29H2,1,3H3/b24-23+,36-27+,39-28+. The minimum absolute atomic E-state index is 1.02. The molecule has 0 fully saturated rings. The maximum Gasteiger partial charge on any atom is 0.0497 e. The zero-order chi connectivity index (χ0) is 30.0. The highest BCUT2D eigenvalue weighted by Crippen LogP contribution is 2.40. The minimum atomic E-state index is 1.02. The zero-order valence-corrected chi connectivity index (χ0v) is 25.8. The second kappa shape index (κ2) is 12.0. The predicted octanol–water partition coefficient (Wildman–Crippen LogP) is 11.0. The zero-order valence-electron chi connectivity index (χ0n) is 25.8. The fourth-order valence-corrected chi connectivity index (χ4v) is 7.07. The van der Waals surface area contributed by atoms with E-state index in [2.05, 4.69) is 152 Å². The summed E-state index contributed by atoms with van der Waals surface area (Å²) >= 11 is 0. The van der Waals surface area contributed by atoms with Crippen LogP contribution in [-0.2, 0) is 6.54 Å². The van der Waals surface area contributed by atoms with Crippen LogP contribution in [0.4, 0.5) is 0 Å². The molecule has 216 valence electrons. The van der Waals surface area contributed by atoms with Gasteiger partial charge in [-0.2, -0.15) is 0 Å². The molecule has 0 aliphatic heterocycles. The van der Waals surface area contributed by atoms with Crippen LogP contribution in [0.15, 0.2) is 139 Å². The van der Waals surface area contributed by atoms with E-state index in [0.717, 1.165) is 25.0 Å². The summed E-state index contributed by atoms with van der Waals surface area (Å²) in [6.45, 7) is 10.0. The average molecular weight is 570 g/mol. The smallest absolute Gasteiger partial charge is 0.0497 e. The first-order valence-corrected chi connectivity index (χ1v) is 16.0. The molecule has 0 atom stereocenters. The Morgan fingerprint density at radius 1 is 0.773 bits per heavy atom. The number of aromatic nitrogens is 1. The summed E-state index contributed by atoms with van der Waals surface area (Å²) in [5.41, 5.74) is 10.3. The van der Waals surface area contributed by atoms with Crippen LogP contribution < -0.4 is 5.35 Å². The molecule has 1 heteroatoms. The van der Waals surface area contributed by atoms with Crippen molar-refractivity contribution in [1.29, 1.82) is 0 Å². The van der Waals surface area contributed by atoms with E-state index in [4.69, 9.17) is 0 Å². The van der Waals surface area contributed by atoms with Crippen LogP contribution >= 0.6 is 0 Å². The summed E-state index contributed by atoms with van der Waals surface area (Å²) in [5, 5.41) is 7.91. The molecular formula is C43H39N. The fraction of sp³-hybridized carbons (Fsp3) is 0.163. The molecule has 0 unspecified atom stereocenters. The Kier molecular flexibility index (Phi) is 7.62. The van der Waals surface area contributed by atoms with Crippen molar-refractivity contribution in [3.05, 3.63) is 161 Å². The molecule has 1 aliphatic rings. The van der Waals surface area contributed by atoms with Gasteiger partial charge in [0, 0.05) is 28.2 Å². The van der Waals surface area contributed by atoms with Gasteiger partial charge in [-0.25, -0.2) is 0 Å².